The number of rotatable bonds is 3. The lowest BCUT2D eigenvalue weighted by Crippen LogP contribution is -2.36. The van der Waals surface area contributed by atoms with Crippen LogP contribution in [-0.2, 0) is 4.79 Å². The summed E-state index contributed by atoms with van der Waals surface area (Å²) in [6.07, 6.45) is 5.54. The fourth-order valence-corrected chi connectivity index (χ4v) is 5.16. The Bertz CT molecular complexity index is 1080. The highest BCUT2D eigenvalue weighted by molar-refractivity contribution is 8.26. The van der Waals surface area contributed by atoms with E-state index in [0.29, 0.717) is 38.7 Å². The number of anilines is 1. The summed E-state index contributed by atoms with van der Waals surface area (Å²) in [6.45, 7) is 8.33. The molecular weight excluding hydrogens is 404 g/mol. The maximum Gasteiger partial charge on any atom is 0.267 e. The molecule has 0 unspecified atom stereocenters. The first-order valence-electron chi connectivity index (χ1n) is 9.93. The number of amides is 1. The molecule has 0 saturated carbocycles. The van der Waals surface area contributed by atoms with Crippen LogP contribution in [0.3, 0.4) is 0 Å². The average Bonchev–Trinajstić information content (AvgIpc) is 2.97. The number of fused-ring (bicyclic) bond motifs is 1. The Morgan fingerprint density at radius 2 is 2.03 bits per heavy atom. The molecule has 6 nitrogen and oxygen atoms in total. The Morgan fingerprint density at radius 3 is 2.69 bits per heavy atom. The lowest BCUT2D eigenvalue weighted by molar-refractivity contribution is -0.121. The van der Waals surface area contributed by atoms with Crippen LogP contribution in [0.1, 0.15) is 37.8 Å². The summed E-state index contributed by atoms with van der Waals surface area (Å²) in [6, 6.07) is 3.80. The molecule has 2 fully saturated rings. The summed E-state index contributed by atoms with van der Waals surface area (Å²) in [7, 11) is 0. The Labute approximate surface area is 179 Å². The van der Waals surface area contributed by atoms with Crippen molar-refractivity contribution in [2.24, 2.45) is 5.92 Å². The molecule has 0 aliphatic carbocycles. The Morgan fingerprint density at radius 1 is 1.31 bits per heavy atom. The molecule has 2 aliphatic heterocycles. The second-order valence-corrected chi connectivity index (χ2v) is 9.31. The number of hydrogen-bond acceptors (Lipinski definition) is 6. The smallest absolute Gasteiger partial charge is 0.267 e. The molecule has 2 aliphatic rings. The zero-order chi connectivity index (χ0) is 20.7. The summed E-state index contributed by atoms with van der Waals surface area (Å²) in [5.74, 6) is 1.19. The van der Waals surface area contributed by atoms with Gasteiger partial charge in [0.25, 0.3) is 11.5 Å². The number of carbonyl (C=O) groups is 1. The van der Waals surface area contributed by atoms with Gasteiger partial charge in [0, 0.05) is 25.8 Å². The van der Waals surface area contributed by atoms with Crippen LogP contribution in [0, 0.1) is 12.8 Å². The van der Waals surface area contributed by atoms with Gasteiger partial charge in [-0.3, -0.25) is 18.9 Å². The molecular formula is C21H24N4O2S2. The number of aryl methyl sites for hydroxylation is 1. The molecule has 4 rings (SSSR count). The van der Waals surface area contributed by atoms with E-state index in [2.05, 4.69) is 11.8 Å². The fraction of sp³-hybridized carbons (Fsp3) is 0.429. The highest BCUT2D eigenvalue weighted by Crippen LogP contribution is 2.34. The molecule has 2 aromatic heterocycles. The molecule has 0 atom stereocenters. The number of hydrogen-bond donors (Lipinski definition) is 0. The molecule has 29 heavy (non-hydrogen) atoms. The van der Waals surface area contributed by atoms with Gasteiger partial charge >= 0.3 is 0 Å². The molecule has 4 heterocycles. The van der Waals surface area contributed by atoms with Crippen molar-refractivity contribution >= 4 is 51.7 Å². The normalized spacial score (nSPS) is 19.8. The van der Waals surface area contributed by atoms with Crippen LogP contribution < -0.4 is 10.5 Å². The molecule has 0 radical (unpaired) electrons. The fourth-order valence-electron chi connectivity index (χ4n) is 3.79. The van der Waals surface area contributed by atoms with E-state index in [0.717, 1.165) is 31.5 Å². The molecule has 0 bridgehead atoms. The second kappa shape index (κ2) is 7.91. The first-order valence-corrected chi connectivity index (χ1v) is 11.2. The van der Waals surface area contributed by atoms with Gasteiger partial charge in [-0.15, -0.1) is 0 Å². The monoisotopic (exact) mass is 428 g/mol. The standard InChI is InChI=1S/C21H24N4O2S2/c1-4-24-20(27)16(29-21(24)28)12-15-18(23-10-7-13(2)8-11-23)22-17-14(3)6-5-9-25(17)19(15)26/h5-6,9,12-13H,4,7-8,10-11H2,1-3H3/b16-12+. The number of pyridine rings is 1. The molecule has 8 heteroatoms. The minimum atomic E-state index is -0.158. The van der Waals surface area contributed by atoms with Gasteiger partial charge in [0.2, 0.25) is 0 Å². The van der Waals surface area contributed by atoms with Crippen molar-refractivity contribution in [2.75, 3.05) is 24.5 Å². The Hall–Kier alpha value is -2.19. The lowest BCUT2D eigenvalue weighted by atomic mass is 9.99. The van der Waals surface area contributed by atoms with E-state index >= 15 is 0 Å². The van der Waals surface area contributed by atoms with Crippen molar-refractivity contribution in [3.8, 4) is 0 Å². The van der Waals surface area contributed by atoms with E-state index in [1.54, 1.807) is 21.6 Å². The van der Waals surface area contributed by atoms with Crippen molar-refractivity contribution < 1.29 is 4.79 Å². The van der Waals surface area contributed by atoms with Crippen LogP contribution in [0.4, 0.5) is 5.82 Å². The van der Waals surface area contributed by atoms with Crippen molar-refractivity contribution in [1.29, 1.82) is 0 Å². The number of aromatic nitrogens is 2. The number of nitrogens with zero attached hydrogens (tertiary/aromatic N) is 4. The number of carbonyl (C=O) groups excluding carboxylic acids is 1. The molecule has 0 aromatic carbocycles. The van der Waals surface area contributed by atoms with Gasteiger partial charge < -0.3 is 4.90 Å². The molecule has 152 valence electrons. The van der Waals surface area contributed by atoms with Crippen molar-refractivity contribution in [3.05, 3.63) is 44.7 Å². The third-order valence-corrected chi connectivity index (χ3v) is 6.99. The number of thiocarbonyl (C=S) groups is 1. The van der Waals surface area contributed by atoms with Gasteiger partial charge in [-0.2, -0.15) is 0 Å². The van der Waals surface area contributed by atoms with E-state index in [1.165, 1.54) is 11.8 Å². The summed E-state index contributed by atoms with van der Waals surface area (Å²) in [5.41, 5.74) is 1.90. The number of likely N-dealkylation sites (N-methyl/N-ethyl adjacent to an activating group) is 1. The maximum absolute atomic E-state index is 13.4. The van der Waals surface area contributed by atoms with Crippen LogP contribution in [0.15, 0.2) is 28.0 Å². The van der Waals surface area contributed by atoms with Crippen LogP contribution in [-0.4, -0.2) is 44.1 Å². The summed E-state index contributed by atoms with van der Waals surface area (Å²) >= 11 is 6.57. The Kier molecular flexibility index (Phi) is 5.48. The predicted octanol–water partition coefficient (Wildman–Crippen LogP) is 3.46. The van der Waals surface area contributed by atoms with E-state index in [4.69, 9.17) is 17.2 Å². The minimum absolute atomic E-state index is 0.144. The first-order chi connectivity index (χ1) is 13.9. The Balaban J connectivity index is 1.90. The predicted molar refractivity (Wildman–Crippen MR) is 122 cm³/mol. The van der Waals surface area contributed by atoms with Gasteiger partial charge in [-0.1, -0.05) is 37.0 Å². The van der Waals surface area contributed by atoms with Crippen LogP contribution in [0.2, 0.25) is 0 Å². The van der Waals surface area contributed by atoms with Crippen LogP contribution >= 0.6 is 24.0 Å². The van der Waals surface area contributed by atoms with Gasteiger partial charge in [0.15, 0.2) is 0 Å². The van der Waals surface area contributed by atoms with Crippen molar-refractivity contribution in [3.63, 3.8) is 0 Å². The van der Waals surface area contributed by atoms with Crippen molar-refractivity contribution in [2.45, 2.75) is 33.6 Å². The third kappa shape index (κ3) is 3.59. The molecule has 0 spiro atoms. The van der Waals surface area contributed by atoms with E-state index in [1.807, 2.05) is 26.0 Å². The molecule has 1 amide bonds. The maximum atomic E-state index is 13.4. The molecule has 0 N–H and O–H groups in total. The summed E-state index contributed by atoms with van der Waals surface area (Å²) in [4.78, 5) is 35.2. The minimum Gasteiger partial charge on any atom is -0.356 e. The zero-order valence-electron chi connectivity index (χ0n) is 16.8. The van der Waals surface area contributed by atoms with Crippen LogP contribution in [0.25, 0.3) is 11.7 Å². The summed E-state index contributed by atoms with van der Waals surface area (Å²) < 4.78 is 2.10. The average molecular weight is 429 g/mol. The van der Waals surface area contributed by atoms with Crippen molar-refractivity contribution in [1.82, 2.24) is 14.3 Å². The number of piperidine rings is 1. The summed E-state index contributed by atoms with van der Waals surface area (Å²) in [5, 5.41) is 0. The first kappa shape index (κ1) is 20.1. The largest absolute Gasteiger partial charge is 0.356 e. The number of thioether (sulfide) groups is 1. The third-order valence-electron chi connectivity index (χ3n) is 5.61. The van der Waals surface area contributed by atoms with E-state index in [9.17, 15) is 9.59 Å². The van der Waals surface area contributed by atoms with Gasteiger partial charge in [-0.05, 0) is 50.3 Å². The van der Waals surface area contributed by atoms with Gasteiger partial charge in [0.05, 0.1) is 10.5 Å². The lowest BCUT2D eigenvalue weighted by Gasteiger charge is -2.32. The topological polar surface area (TPSA) is 57.9 Å². The highest BCUT2D eigenvalue weighted by atomic mass is 32.2. The second-order valence-electron chi connectivity index (χ2n) is 7.63. The van der Waals surface area contributed by atoms with E-state index < -0.39 is 0 Å². The quantitative estimate of drug-likeness (QED) is 0.551. The molecule has 2 aromatic rings. The van der Waals surface area contributed by atoms with Crippen LogP contribution in [0.5, 0.6) is 0 Å². The van der Waals surface area contributed by atoms with E-state index in [-0.39, 0.29) is 11.5 Å². The SMILES string of the molecule is CCN1C(=O)/C(=C\c2c(N3CCC(C)CC3)nc3c(C)cccn3c2=O)SC1=S. The highest BCUT2D eigenvalue weighted by Gasteiger charge is 2.32. The van der Waals surface area contributed by atoms with Gasteiger partial charge in [-0.25, -0.2) is 4.98 Å². The molecule has 2 saturated heterocycles. The van der Waals surface area contributed by atoms with Gasteiger partial charge in [0.1, 0.15) is 15.8 Å². The zero-order valence-corrected chi connectivity index (χ0v) is 18.5.